The van der Waals surface area contributed by atoms with Crippen LogP contribution < -0.4 is 0 Å². The van der Waals surface area contributed by atoms with E-state index in [-0.39, 0.29) is 0 Å². The van der Waals surface area contributed by atoms with Crippen molar-refractivity contribution < 1.29 is 9.05 Å². The van der Waals surface area contributed by atoms with Crippen LogP contribution in [-0.2, 0) is 9.05 Å². The molecule has 0 bridgehead atoms. The molecule has 3 nitrogen and oxygen atoms in total. The molecule has 2 rings (SSSR count). The molecule has 4 heteroatoms. The molecule has 2 unspecified atom stereocenters. The van der Waals surface area contributed by atoms with Gasteiger partial charge >= 0.3 is 0 Å². The zero-order chi connectivity index (χ0) is 9.10. The maximum Gasteiger partial charge on any atom is 0.258 e. The van der Waals surface area contributed by atoms with Gasteiger partial charge in [0, 0.05) is 13.1 Å². The second-order valence-corrected chi connectivity index (χ2v) is 5.30. The minimum Gasteiger partial charge on any atom is -0.322 e. The highest BCUT2D eigenvalue weighted by molar-refractivity contribution is 7.44. The van der Waals surface area contributed by atoms with Gasteiger partial charge in [0.25, 0.3) is 8.53 Å². The average Bonchev–Trinajstić information content (AvgIpc) is 2.19. The van der Waals surface area contributed by atoms with Gasteiger partial charge in [-0.15, -0.1) is 0 Å². The van der Waals surface area contributed by atoms with Crippen LogP contribution >= 0.6 is 8.53 Å². The van der Waals surface area contributed by atoms with E-state index in [2.05, 4.69) is 11.6 Å². The summed E-state index contributed by atoms with van der Waals surface area (Å²) in [5, 5.41) is 0. The van der Waals surface area contributed by atoms with E-state index in [1.165, 1.54) is 32.4 Å². The molecule has 0 aliphatic carbocycles. The van der Waals surface area contributed by atoms with E-state index in [9.17, 15) is 0 Å². The standard InChI is InChI=1S/C9H18NO2P/c1-9-5-8-11-13(12-9)10-6-3-2-4-7-10/h9H,2-8H2,1H3. The zero-order valence-corrected chi connectivity index (χ0v) is 9.13. The van der Waals surface area contributed by atoms with Crippen LogP contribution in [0.2, 0.25) is 0 Å². The Balaban J connectivity index is 1.83. The van der Waals surface area contributed by atoms with Crippen LogP contribution in [0, 0.1) is 0 Å². The Labute approximate surface area is 81.4 Å². The molecule has 2 saturated heterocycles. The van der Waals surface area contributed by atoms with E-state index < -0.39 is 8.53 Å². The Morgan fingerprint density at radius 2 is 2.00 bits per heavy atom. The first-order valence-corrected chi connectivity index (χ1v) is 6.34. The topological polar surface area (TPSA) is 21.7 Å². The van der Waals surface area contributed by atoms with Gasteiger partial charge in [0.05, 0.1) is 12.7 Å². The molecular weight excluding hydrogens is 185 g/mol. The largest absolute Gasteiger partial charge is 0.322 e. The number of hydrogen-bond acceptors (Lipinski definition) is 3. The van der Waals surface area contributed by atoms with Crippen molar-refractivity contribution in [2.24, 2.45) is 0 Å². The predicted octanol–water partition coefficient (Wildman–Crippen LogP) is 2.52. The Bertz CT molecular complexity index is 162. The van der Waals surface area contributed by atoms with Crippen LogP contribution in [0.5, 0.6) is 0 Å². The molecule has 0 amide bonds. The van der Waals surface area contributed by atoms with Gasteiger partial charge in [0.1, 0.15) is 0 Å². The third-order valence-electron chi connectivity index (χ3n) is 2.56. The highest BCUT2D eigenvalue weighted by atomic mass is 31.2. The first kappa shape index (κ1) is 9.85. The van der Waals surface area contributed by atoms with Gasteiger partial charge in [-0.3, -0.25) is 0 Å². The summed E-state index contributed by atoms with van der Waals surface area (Å²) in [5.41, 5.74) is 0. The molecule has 2 heterocycles. The average molecular weight is 203 g/mol. The van der Waals surface area contributed by atoms with E-state index in [0.29, 0.717) is 6.10 Å². The normalized spacial score (nSPS) is 37.6. The Hall–Kier alpha value is 0.310. The molecule has 13 heavy (non-hydrogen) atoms. The van der Waals surface area contributed by atoms with E-state index in [1.54, 1.807) is 0 Å². The van der Waals surface area contributed by atoms with Crippen LogP contribution in [0.1, 0.15) is 32.6 Å². The Kier molecular flexibility index (Phi) is 3.56. The zero-order valence-electron chi connectivity index (χ0n) is 8.24. The van der Waals surface area contributed by atoms with Crippen molar-refractivity contribution in [3.8, 4) is 0 Å². The monoisotopic (exact) mass is 203 g/mol. The molecule has 2 atom stereocenters. The second kappa shape index (κ2) is 4.70. The summed E-state index contributed by atoms with van der Waals surface area (Å²) in [6, 6.07) is 0. The Morgan fingerprint density at radius 3 is 2.69 bits per heavy atom. The molecule has 0 spiro atoms. The van der Waals surface area contributed by atoms with Gasteiger partial charge in [0.15, 0.2) is 0 Å². The molecule has 0 aromatic carbocycles. The minimum atomic E-state index is -0.696. The second-order valence-electron chi connectivity index (χ2n) is 3.79. The minimum absolute atomic E-state index is 0.391. The van der Waals surface area contributed by atoms with E-state index in [4.69, 9.17) is 9.05 Å². The molecule has 0 aromatic heterocycles. The summed E-state index contributed by atoms with van der Waals surface area (Å²) < 4.78 is 13.8. The van der Waals surface area contributed by atoms with Gasteiger partial charge in [-0.1, -0.05) is 6.42 Å². The van der Waals surface area contributed by atoms with Crippen molar-refractivity contribution in [3.05, 3.63) is 0 Å². The number of piperidine rings is 1. The van der Waals surface area contributed by atoms with Crippen molar-refractivity contribution in [2.45, 2.75) is 38.7 Å². The van der Waals surface area contributed by atoms with Crippen molar-refractivity contribution in [1.82, 2.24) is 4.67 Å². The number of rotatable bonds is 1. The lowest BCUT2D eigenvalue weighted by molar-refractivity contribution is 0.0919. The quantitative estimate of drug-likeness (QED) is 0.611. The first-order valence-electron chi connectivity index (χ1n) is 5.21. The maximum absolute atomic E-state index is 5.79. The lowest BCUT2D eigenvalue weighted by Gasteiger charge is -2.36. The number of hydrogen-bond donors (Lipinski definition) is 0. The van der Waals surface area contributed by atoms with Crippen LogP contribution in [0.15, 0.2) is 0 Å². The highest BCUT2D eigenvalue weighted by Crippen LogP contribution is 2.48. The van der Waals surface area contributed by atoms with Crippen LogP contribution in [-0.4, -0.2) is 30.5 Å². The summed E-state index contributed by atoms with van der Waals surface area (Å²) in [5.74, 6) is 0. The molecule has 76 valence electrons. The van der Waals surface area contributed by atoms with E-state index >= 15 is 0 Å². The summed E-state index contributed by atoms with van der Waals surface area (Å²) in [4.78, 5) is 0. The first-order chi connectivity index (χ1) is 6.36. The Morgan fingerprint density at radius 1 is 1.23 bits per heavy atom. The summed E-state index contributed by atoms with van der Waals surface area (Å²) in [7, 11) is -0.696. The SMILES string of the molecule is CC1CCOP(N2CCCCC2)O1. The molecule has 0 aromatic rings. The van der Waals surface area contributed by atoms with Gasteiger partial charge in [-0.2, -0.15) is 0 Å². The van der Waals surface area contributed by atoms with Crippen LogP contribution in [0.4, 0.5) is 0 Å². The van der Waals surface area contributed by atoms with Gasteiger partial charge < -0.3 is 9.05 Å². The molecule has 0 radical (unpaired) electrons. The number of nitrogens with zero attached hydrogens (tertiary/aromatic N) is 1. The van der Waals surface area contributed by atoms with Crippen molar-refractivity contribution in [1.29, 1.82) is 0 Å². The summed E-state index contributed by atoms with van der Waals surface area (Å²) in [6.07, 6.45) is 5.42. The third kappa shape index (κ3) is 2.63. The highest BCUT2D eigenvalue weighted by Gasteiger charge is 2.28. The maximum atomic E-state index is 5.79. The summed E-state index contributed by atoms with van der Waals surface area (Å²) >= 11 is 0. The van der Waals surface area contributed by atoms with Crippen molar-refractivity contribution in [3.63, 3.8) is 0 Å². The predicted molar refractivity (Wildman–Crippen MR) is 53.5 cm³/mol. The van der Waals surface area contributed by atoms with Gasteiger partial charge in [-0.05, 0) is 26.2 Å². The smallest absolute Gasteiger partial charge is 0.258 e. The molecule has 2 aliphatic rings. The molecule has 2 aliphatic heterocycles. The third-order valence-corrected chi connectivity index (χ3v) is 4.37. The molecule has 0 saturated carbocycles. The van der Waals surface area contributed by atoms with E-state index in [0.717, 1.165) is 13.0 Å². The lowest BCUT2D eigenvalue weighted by atomic mass is 10.2. The van der Waals surface area contributed by atoms with Gasteiger partial charge in [0.2, 0.25) is 0 Å². The molecular formula is C9H18NO2P. The van der Waals surface area contributed by atoms with Gasteiger partial charge in [-0.25, -0.2) is 4.67 Å². The molecule has 0 N–H and O–H groups in total. The van der Waals surface area contributed by atoms with Crippen molar-refractivity contribution in [2.75, 3.05) is 19.7 Å². The summed E-state index contributed by atoms with van der Waals surface area (Å²) in [6.45, 7) is 5.35. The fourth-order valence-corrected chi connectivity index (χ4v) is 3.36. The molecule has 2 fully saturated rings. The van der Waals surface area contributed by atoms with Crippen LogP contribution in [0.3, 0.4) is 0 Å². The van der Waals surface area contributed by atoms with E-state index in [1.807, 2.05) is 0 Å². The van der Waals surface area contributed by atoms with Crippen molar-refractivity contribution >= 4 is 8.53 Å². The fraction of sp³-hybridized carbons (Fsp3) is 1.00. The fourth-order valence-electron chi connectivity index (χ4n) is 1.72. The lowest BCUT2D eigenvalue weighted by Crippen LogP contribution is -2.30. The van der Waals surface area contributed by atoms with Crippen LogP contribution in [0.25, 0.3) is 0 Å².